The van der Waals surface area contributed by atoms with Gasteiger partial charge in [0.25, 0.3) is 0 Å². The van der Waals surface area contributed by atoms with Crippen LogP contribution in [-0.4, -0.2) is 35.9 Å². The Morgan fingerprint density at radius 3 is 2.78 bits per heavy atom. The largest absolute Gasteiger partial charge is 0.480 e. The zero-order valence-corrected chi connectivity index (χ0v) is 11.2. The Hall–Kier alpha value is -1.63. The minimum atomic E-state index is -0.838. The minimum absolute atomic E-state index is 0.0126. The van der Waals surface area contributed by atoms with Gasteiger partial charge in [0.2, 0.25) is 0 Å². The fourth-order valence-corrected chi connectivity index (χ4v) is 2.57. The van der Waals surface area contributed by atoms with Crippen LogP contribution in [0.5, 0.6) is 0 Å². The third-order valence-corrected chi connectivity index (χ3v) is 4.06. The second-order valence-corrected chi connectivity index (χ2v) is 5.42. The second kappa shape index (κ2) is 4.93. The fraction of sp³-hybridized carbons (Fsp3) is 0.455. The molecular weight excluding hydrogens is 252 g/mol. The van der Waals surface area contributed by atoms with Gasteiger partial charge in [0.15, 0.2) is 5.65 Å². The van der Waals surface area contributed by atoms with Crippen molar-refractivity contribution in [2.45, 2.75) is 31.0 Å². The number of thioether (sulfide) groups is 1. The number of carboxylic acids is 1. The Morgan fingerprint density at radius 2 is 2.17 bits per heavy atom. The van der Waals surface area contributed by atoms with Crippen LogP contribution >= 0.6 is 11.8 Å². The molecule has 0 fully saturated rings. The van der Waals surface area contributed by atoms with Crippen molar-refractivity contribution in [1.82, 2.24) is 19.6 Å². The number of aliphatic carboxylic acids is 1. The number of nitrogens with zero attached hydrogens (tertiary/aromatic N) is 4. The lowest BCUT2D eigenvalue weighted by Crippen LogP contribution is -2.22. The molecule has 0 bridgehead atoms. The van der Waals surface area contributed by atoms with E-state index >= 15 is 0 Å². The van der Waals surface area contributed by atoms with E-state index in [1.54, 1.807) is 16.8 Å². The Morgan fingerprint density at radius 1 is 1.44 bits per heavy atom. The molecule has 0 aliphatic heterocycles. The molecule has 2 heterocycles. The first-order valence-corrected chi connectivity index (χ1v) is 6.44. The number of hydrogen-bond acceptors (Lipinski definition) is 5. The van der Waals surface area contributed by atoms with E-state index in [1.807, 2.05) is 20.8 Å². The van der Waals surface area contributed by atoms with Crippen LogP contribution in [-0.2, 0) is 4.79 Å². The highest BCUT2D eigenvalue weighted by molar-refractivity contribution is 8.00. The van der Waals surface area contributed by atoms with Gasteiger partial charge >= 0.3 is 5.97 Å². The van der Waals surface area contributed by atoms with Crippen molar-refractivity contribution >= 4 is 23.4 Å². The number of carboxylic acid groups (broad SMARTS) is 1. The summed E-state index contributed by atoms with van der Waals surface area (Å²) in [6, 6.07) is 0. The van der Waals surface area contributed by atoms with Crippen LogP contribution in [0.2, 0.25) is 0 Å². The molecule has 0 saturated carbocycles. The van der Waals surface area contributed by atoms with Crippen LogP contribution in [0.15, 0.2) is 17.4 Å². The van der Waals surface area contributed by atoms with Crippen LogP contribution in [0.4, 0.5) is 0 Å². The van der Waals surface area contributed by atoms with E-state index in [-0.39, 0.29) is 5.92 Å². The summed E-state index contributed by atoms with van der Waals surface area (Å²) in [5.74, 6) is -0.0701. The van der Waals surface area contributed by atoms with Crippen LogP contribution in [0.3, 0.4) is 0 Å². The molecule has 1 atom stereocenters. The molecule has 0 radical (unpaired) electrons. The predicted molar refractivity (Wildman–Crippen MR) is 67.6 cm³/mol. The lowest BCUT2D eigenvalue weighted by Gasteiger charge is -2.14. The topological polar surface area (TPSA) is 80.4 Å². The van der Waals surface area contributed by atoms with E-state index < -0.39 is 11.2 Å². The maximum atomic E-state index is 11.2. The van der Waals surface area contributed by atoms with E-state index in [0.29, 0.717) is 10.7 Å². The summed E-state index contributed by atoms with van der Waals surface area (Å²) in [6.07, 6.45) is 3.39. The smallest absolute Gasteiger partial charge is 0.317 e. The van der Waals surface area contributed by atoms with Gasteiger partial charge in [0.05, 0.1) is 0 Å². The molecule has 0 aromatic carbocycles. The van der Waals surface area contributed by atoms with Crippen molar-refractivity contribution in [3.05, 3.63) is 18.2 Å². The first-order chi connectivity index (χ1) is 8.50. The molecular formula is C11H14N4O2S. The number of rotatable bonds is 4. The average Bonchev–Trinajstić information content (AvgIpc) is 2.68. The first kappa shape index (κ1) is 12.8. The second-order valence-electron chi connectivity index (χ2n) is 4.29. The molecule has 6 nitrogen and oxygen atoms in total. The molecule has 1 N–H and O–H groups in total. The predicted octanol–water partition coefficient (Wildman–Crippen LogP) is 1.63. The van der Waals surface area contributed by atoms with Crippen LogP contribution < -0.4 is 0 Å². The third kappa shape index (κ3) is 2.31. The quantitative estimate of drug-likeness (QED) is 0.847. The van der Waals surface area contributed by atoms with Gasteiger partial charge in [-0.2, -0.15) is 0 Å². The lowest BCUT2D eigenvalue weighted by molar-refractivity contribution is -0.137. The number of aryl methyl sites for hydroxylation is 1. The Balaban J connectivity index is 2.39. The van der Waals surface area contributed by atoms with Gasteiger partial charge in [-0.05, 0) is 12.8 Å². The van der Waals surface area contributed by atoms with E-state index in [1.165, 1.54) is 11.8 Å². The summed E-state index contributed by atoms with van der Waals surface area (Å²) < 4.78 is 1.80. The highest BCUT2D eigenvalue weighted by atomic mass is 32.2. The van der Waals surface area contributed by atoms with Crippen molar-refractivity contribution in [1.29, 1.82) is 0 Å². The maximum absolute atomic E-state index is 11.2. The zero-order valence-electron chi connectivity index (χ0n) is 10.4. The standard InChI is InChI=1S/C11H14N4O2S/c1-6(2)8(11(16)17)18-10-9-14-13-7(3)15(9)5-4-12-10/h4-6,8H,1-3H3,(H,16,17). The normalized spacial score (nSPS) is 13.1. The molecule has 96 valence electrons. The summed E-state index contributed by atoms with van der Waals surface area (Å²) in [6.45, 7) is 5.59. The molecule has 0 saturated heterocycles. The van der Waals surface area contributed by atoms with Crippen molar-refractivity contribution in [3.8, 4) is 0 Å². The highest BCUT2D eigenvalue weighted by Gasteiger charge is 2.25. The Bertz CT molecular complexity index is 581. The SMILES string of the molecule is Cc1nnc2c(SC(C(=O)O)C(C)C)nccn12. The van der Waals surface area contributed by atoms with Crippen LogP contribution in [0.1, 0.15) is 19.7 Å². The van der Waals surface area contributed by atoms with Gasteiger partial charge in [-0.15, -0.1) is 10.2 Å². The minimum Gasteiger partial charge on any atom is -0.480 e. The van der Waals surface area contributed by atoms with Crippen LogP contribution in [0.25, 0.3) is 5.65 Å². The monoisotopic (exact) mass is 266 g/mol. The molecule has 2 aromatic rings. The molecule has 0 spiro atoms. The molecule has 0 aliphatic carbocycles. The van der Waals surface area contributed by atoms with E-state index in [2.05, 4.69) is 15.2 Å². The van der Waals surface area contributed by atoms with Gasteiger partial charge < -0.3 is 5.11 Å². The fourth-order valence-electron chi connectivity index (χ4n) is 1.59. The van der Waals surface area contributed by atoms with Gasteiger partial charge in [-0.1, -0.05) is 25.6 Å². The van der Waals surface area contributed by atoms with E-state index in [9.17, 15) is 9.90 Å². The van der Waals surface area contributed by atoms with Gasteiger partial charge in [0.1, 0.15) is 16.1 Å². The van der Waals surface area contributed by atoms with Crippen LogP contribution in [0, 0.1) is 12.8 Å². The number of aromatic nitrogens is 4. The van der Waals surface area contributed by atoms with Gasteiger partial charge in [-0.3, -0.25) is 9.20 Å². The van der Waals surface area contributed by atoms with Gasteiger partial charge in [-0.25, -0.2) is 4.98 Å². The highest BCUT2D eigenvalue weighted by Crippen LogP contribution is 2.29. The van der Waals surface area contributed by atoms with Crippen molar-refractivity contribution in [2.24, 2.45) is 5.92 Å². The number of hydrogen-bond donors (Lipinski definition) is 1. The molecule has 0 aliphatic rings. The number of fused-ring (bicyclic) bond motifs is 1. The maximum Gasteiger partial charge on any atom is 0.317 e. The third-order valence-electron chi connectivity index (χ3n) is 2.55. The first-order valence-electron chi connectivity index (χ1n) is 5.56. The Kier molecular flexibility index (Phi) is 3.51. The summed E-state index contributed by atoms with van der Waals surface area (Å²) in [5.41, 5.74) is 0.604. The van der Waals surface area contributed by atoms with Gasteiger partial charge in [0, 0.05) is 12.4 Å². The van der Waals surface area contributed by atoms with Crippen molar-refractivity contribution < 1.29 is 9.90 Å². The Labute approximate surface area is 108 Å². The lowest BCUT2D eigenvalue weighted by atomic mass is 10.1. The van der Waals surface area contributed by atoms with Crippen molar-refractivity contribution in [2.75, 3.05) is 0 Å². The molecule has 7 heteroatoms. The van der Waals surface area contributed by atoms with Crippen molar-refractivity contribution in [3.63, 3.8) is 0 Å². The molecule has 18 heavy (non-hydrogen) atoms. The van der Waals surface area contributed by atoms with E-state index in [4.69, 9.17) is 0 Å². The summed E-state index contributed by atoms with van der Waals surface area (Å²) in [5, 5.41) is 17.2. The summed E-state index contributed by atoms with van der Waals surface area (Å²) in [7, 11) is 0. The number of carbonyl (C=O) groups is 1. The summed E-state index contributed by atoms with van der Waals surface area (Å²) >= 11 is 1.21. The molecule has 2 aromatic heterocycles. The van der Waals surface area contributed by atoms with E-state index in [0.717, 1.165) is 5.82 Å². The molecule has 2 rings (SSSR count). The average molecular weight is 266 g/mol. The molecule has 0 amide bonds. The summed E-state index contributed by atoms with van der Waals surface area (Å²) in [4.78, 5) is 15.4. The zero-order chi connectivity index (χ0) is 13.3. The molecule has 1 unspecified atom stereocenters.